The number of aliphatic carboxylic acids is 1. The summed E-state index contributed by atoms with van der Waals surface area (Å²) in [7, 11) is 0. The van der Waals surface area contributed by atoms with Crippen LogP contribution in [-0.4, -0.2) is 59.6 Å². The molecule has 17 heavy (non-hydrogen) atoms. The molecule has 4 nitrogen and oxygen atoms in total. The van der Waals surface area contributed by atoms with Crippen LogP contribution in [0, 0.1) is 5.41 Å². The fraction of sp³-hybridized carbons (Fsp3) is 0.923. The third-order valence-corrected chi connectivity index (χ3v) is 3.49. The van der Waals surface area contributed by atoms with Crippen molar-refractivity contribution in [1.29, 1.82) is 0 Å². The van der Waals surface area contributed by atoms with Crippen molar-refractivity contribution in [3.63, 3.8) is 0 Å². The highest BCUT2D eigenvalue weighted by molar-refractivity contribution is 5.72. The van der Waals surface area contributed by atoms with Gasteiger partial charge in [-0.25, -0.2) is 0 Å². The zero-order valence-electron chi connectivity index (χ0n) is 11.6. The summed E-state index contributed by atoms with van der Waals surface area (Å²) in [5.41, 5.74) is 0.380. The first kappa shape index (κ1) is 14.5. The summed E-state index contributed by atoms with van der Waals surface area (Å²) in [5.74, 6) is -0.715. The summed E-state index contributed by atoms with van der Waals surface area (Å²) >= 11 is 0. The van der Waals surface area contributed by atoms with Crippen LogP contribution in [0.4, 0.5) is 0 Å². The van der Waals surface area contributed by atoms with Gasteiger partial charge in [0.1, 0.15) is 6.04 Å². The van der Waals surface area contributed by atoms with Gasteiger partial charge in [0.05, 0.1) is 0 Å². The van der Waals surface area contributed by atoms with E-state index in [0.29, 0.717) is 5.41 Å². The molecule has 1 heterocycles. The fourth-order valence-corrected chi connectivity index (χ4v) is 2.02. The number of hydrogen-bond acceptors (Lipinski definition) is 3. The Morgan fingerprint density at radius 1 is 1.24 bits per heavy atom. The van der Waals surface area contributed by atoms with Gasteiger partial charge in [0.2, 0.25) is 0 Å². The van der Waals surface area contributed by atoms with Gasteiger partial charge in [-0.1, -0.05) is 20.8 Å². The molecule has 0 aliphatic carbocycles. The molecule has 1 fully saturated rings. The lowest BCUT2D eigenvalue weighted by Crippen LogP contribution is -2.52. The van der Waals surface area contributed by atoms with E-state index in [0.717, 1.165) is 32.7 Å². The maximum Gasteiger partial charge on any atom is 0.320 e. The van der Waals surface area contributed by atoms with E-state index in [1.165, 1.54) is 6.42 Å². The Morgan fingerprint density at radius 3 is 2.18 bits per heavy atom. The second-order valence-corrected chi connectivity index (χ2v) is 6.20. The maximum atomic E-state index is 10.9. The number of carboxylic acid groups (broad SMARTS) is 1. The van der Waals surface area contributed by atoms with Gasteiger partial charge in [-0.2, -0.15) is 0 Å². The molecule has 1 saturated heterocycles. The predicted octanol–water partition coefficient (Wildman–Crippen LogP) is 1.51. The molecule has 0 aromatic carbocycles. The third kappa shape index (κ3) is 5.04. The largest absolute Gasteiger partial charge is 0.480 e. The van der Waals surface area contributed by atoms with Gasteiger partial charge in [-0.05, 0) is 25.3 Å². The monoisotopic (exact) mass is 242 g/mol. The van der Waals surface area contributed by atoms with E-state index >= 15 is 0 Å². The Balaban J connectivity index is 2.29. The van der Waals surface area contributed by atoms with Gasteiger partial charge in [0.25, 0.3) is 0 Å². The molecular weight excluding hydrogens is 216 g/mol. The molecule has 0 amide bonds. The normalized spacial score (nSPS) is 21.4. The first-order valence-electron chi connectivity index (χ1n) is 6.49. The minimum atomic E-state index is -0.715. The van der Waals surface area contributed by atoms with Crippen molar-refractivity contribution in [1.82, 2.24) is 9.80 Å². The molecular formula is C13H26N2O2. The molecule has 1 atom stereocenters. The smallest absolute Gasteiger partial charge is 0.320 e. The highest BCUT2D eigenvalue weighted by Gasteiger charge is 2.25. The van der Waals surface area contributed by atoms with Crippen LogP contribution >= 0.6 is 0 Å². The Kier molecular flexibility index (Phi) is 4.95. The zero-order valence-corrected chi connectivity index (χ0v) is 11.6. The average Bonchev–Trinajstić information content (AvgIpc) is 2.25. The van der Waals surface area contributed by atoms with Gasteiger partial charge in [-0.3, -0.25) is 9.69 Å². The lowest BCUT2D eigenvalue weighted by atomic mass is 9.92. The van der Waals surface area contributed by atoms with Crippen LogP contribution in [0.5, 0.6) is 0 Å². The number of hydrogen-bond donors (Lipinski definition) is 1. The van der Waals surface area contributed by atoms with E-state index in [4.69, 9.17) is 5.11 Å². The molecule has 0 bridgehead atoms. The standard InChI is InChI=1S/C13H26N2O2/c1-11(12(16)17)15-9-7-14(8-10-15)6-5-13(2,3)4/h11H,5-10H2,1-4H3,(H,16,17)/t11-/m1/s1. The van der Waals surface area contributed by atoms with Crippen LogP contribution in [-0.2, 0) is 4.79 Å². The Morgan fingerprint density at radius 2 is 1.76 bits per heavy atom. The summed E-state index contributed by atoms with van der Waals surface area (Å²) in [6.07, 6.45) is 1.20. The van der Waals surface area contributed by atoms with Gasteiger partial charge < -0.3 is 10.0 Å². The van der Waals surface area contributed by atoms with Gasteiger partial charge in [0.15, 0.2) is 0 Å². The number of carbonyl (C=O) groups is 1. The molecule has 1 aliphatic heterocycles. The summed E-state index contributed by atoms with van der Waals surface area (Å²) < 4.78 is 0. The molecule has 0 aromatic heterocycles. The predicted molar refractivity (Wildman–Crippen MR) is 69.2 cm³/mol. The zero-order chi connectivity index (χ0) is 13.1. The van der Waals surface area contributed by atoms with Crippen molar-refractivity contribution in [2.75, 3.05) is 32.7 Å². The van der Waals surface area contributed by atoms with Crippen LogP contribution in [0.3, 0.4) is 0 Å². The minimum absolute atomic E-state index is 0.347. The fourth-order valence-electron chi connectivity index (χ4n) is 2.02. The number of nitrogens with zero attached hydrogens (tertiary/aromatic N) is 2. The Labute approximate surface area is 105 Å². The molecule has 0 unspecified atom stereocenters. The maximum absolute atomic E-state index is 10.9. The molecule has 0 spiro atoms. The molecule has 100 valence electrons. The lowest BCUT2D eigenvalue weighted by Gasteiger charge is -2.37. The van der Waals surface area contributed by atoms with Gasteiger partial charge in [-0.15, -0.1) is 0 Å². The second-order valence-electron chi connectivity index (χ2n) is 6.20. The van der Waals surface area contributed by atoms with E-state index in [1.807, 2.05) is 0 Å². The van der Waals surface area contributed by atoms with Crippen molar-refractivity contribution in [3.8, 4) is 0 Å². The Hall–Kier alpha value is -0.610. The average molecular weight is 242 g/mol. The van der Waals surface area contributed by atoms with Crippen molar-refractivity contribution in [2.45, 2.75) is 40.2 Å². The SMILES string of the molecule is C[C@H](C(=O)O)N1CCN(CCC(C)(C)C)CC1. The van der Waals surface area contributed by atoms with Crippen LogP contribution in [0.15, 0.2) is 0 Å². The van der Waals surface area contributed by atoms with E-state index in [2.05, 4.69) is 30.6 Å². The number of carboxylic acids is 1. The first-order chi connectivity index (χ1) is 7.79. The second kappa shape index (κ2) is 5.83. The minimum Gasteiger partial charge on any atom is -0.480 e. The van der Waals surface area contributed by atoms with Crippen LogP contribution < -0.4 is 0 Å². The summed E-state index contributed by atoms with van der Waals surface area (Å²) in [6, 6.07) is -0.347. The molecule has 4 heteroatoms. The van der Waals surface area contributed by atoms with E-state index < -0.39 is 5.97 Å². The molecule has 0 radical (unpaired) electrons. The summed E-state index contributed by atoms with van der Waals surface area (Å²) in [5, 5.41) is 8.95. The molecule has 0 saturated carbocycles. The number of rotatable bonds is 4. The molecule has 0 aromatic rings. The number of piperazine rings is 1. The van der Waals surface area contributed by atoms with Crippen molar-refractivity contribution >= 4 is 5.97 Å². The molecule has 1 aliphatic rings. The topological polar surface area (TPSA) is 43.8 Å². The summed E-state index contributed by atoms with van der Waals surface area (Å²) in [6.45, 7) is 13.4. The van der Waals surface area contributed by atoms with E-state index in [-0.39, 0.29) is 6.04 Å². The van der Waals surface area contributed by atoms with Crippen LogP contribution in [0.1, 0.15) is 34.1 Å². The molecule has 1 rings (SSSR count). The van der Waals surface area contributed by atoms with E-state index in [9.17, 15) is 4.79 Å². The van der Waals surface area contributed by atoms with E-state index in [1.54, 1.807) is 6.92 Å². The van der Waals surface area contributed by atoms with Crippen molar-refractivity contribution in [2.24, 2.45) is 5.41 Å². The highest BCUT2D eigenvalue weighted by atomic mass is 16.4. The summed E-state index contributed by atoms with van der Waals surface area (Å²) in [4.78, 5) is 15.4. The van der Waals surface area contributed by atoms with Gasteiger partial charge in [0, 0.05) is 26.2 Å². The van der Waals surface area contributed by atoms with Crippen LogP contribution in [0.25, 0.3) is 0 Å². The quantitative estimate of drug-likeness (QED) is 0.811. The highest BCUT2D eigenvalue weighted by Crippen LogP contribution is 2.19. The van der Waals surface area contributed by atoms with Crippen molar-refractivity contribution < 1.29 is 9.90 Å². The van der Waals surface area contributed by atoms with Crippen LogP contribution in [0.2, 0.25) is 0 Å². The van der Waals surface area contributed by atoms with Crippen molar-refractivity contribution in [3.05, 3.63) is 0 Å². The lowest BCUT2D eigenvalue weighted by molar-refractivity contribution is -0.143. The Bertz CT molecular complexity index is 253. The molecule has 1 N–H and O–H groups in total. The van der Waals surface area contributed by atoms with Gasteiger partial charge >= 0.3 is 5.97 Å². The first-order valence-corrected chi connectivity index (χ1v) is 6.49. The third-order valence-electron chi connectivity index (χ3n) is 3.49.